The number of benzene rings is 4. The van der Waals surface area contributed by atoms with E-state index in [2.05, 4.69) is 128 Å². The molecule has 0 N–H and O–H groups in total. The van der Waals surface area contributed by atoms with Crippen molar-refractivity contribution in [1.82, 2.24) is 0 Å². The third kappa shape index (κ3) is 3.57. The van der Waals surface area contributed by atoms with Gasteiger partial charge in [0.15, 0.2) is 0 Å². The van der Waals surface area contributed by atoms with Crippen LogP contribution in [0.1, 0.15) is 5.56 Å². The number of rotatable bonds is 6. The molecule has 1 heteroatoms. The van der Waals surface area contributed by atoms with E-state index in [0.29, 0.717) is 0 Å². The van der Waals surface area contributed by atoms with Crippen molar-refractivity contribution in [2.24, 2.45) is 0 Å². The normalized spacial score (nSPS) is 11.7. The average Bonchev–Trinajstić information content (AvgIpc) is 2.80. The van der Waals surface area contributed by atoms with E-state index >= 15 is 0 Å². The molecule has 0 saturated carbocycles. The molecule has 0 bridgehead atoms. The van der Waals surface area contributed by atoms with Crippen molar-refractivity contribution in [3.63, 3.8) is 0 Å². The summed E-state index contributed by atoms with van der Waals surface area (Å²) in [5.74, 6) is 0. The van der Waals surface area contributed by atoms with Crippen molar-refractivity contribution >= 4 is 28.7 Å². The predicted octanol–water partition coefficient (Wildman–Crippen LogP) is 5.43. The van der Waals surface area contributed by atoms with Gasteiger partial charge in [0.05, 0.1) is 0 Å². The summed E-state index contributed by atoms with van der Waals surface area (Å²) in [6.07, 6.45) is 0.953. The van der Waals surface area contributed by atoms with E-state index in [1.165, 1.54) is 27.1 Å². The van der Waals surface area contributed by atoms with Gasteiger partial charge in [-0.1, -0.05) is 0 Å². The molecular weight excluding hydrogens is 355 g/mol. The fraction of sp³-hybridized carbons (Fsp3) is 0.0370. The predicted molar refractivity (Wildman–Crippen MR) is 127 cm³/mol. The van der Waals surface area contributed by atoms with Crippen molar-refractivity contribution in [2.45, 2.75) is 0 Å². The molecule has 0 fully saturated rings. The molecule has 0 amide bonds. The van der Waals surface area contributed by atoms with Crippen LogP contribution in [-0.4, -0.2) is 6.16 Å². The molecule has 0 nitrogen and oxygen atoms in total. The summed E-state index contributed by atoms with van der Waals surface area (Å²) in [5, 5.41) is 4.26. The second-order valence-corrected chi connectivity index (χ2v) is 11.0. The topological polar surface area (TPSA) is 0 Å². The van der Waals surface area contributed by atoms with Gasteiger partial charge < -0.3 is 0 Å². The Balaban J connectivity index is 1.95. The van der Waals surface area contributed by atoms with Crippen LogP contribution in [0.15, 0.2) is 128 Å². The van der Waals surface area contributed by atoms with Crippen molar-refractivity contribution in [3.8, 4) is 0 Å². The van der Waals surface area contributed by atoms with Gasteiger partial charge in [0.25, 0.3) is 0 Å². The van der Waals surface area contributed by atoms with Crippen LogP contribution in [0.4, 0.5) is 0 Å². The number of hydrogen-bond donors (Lipinski definition) is 0. The van der Waals surface area contributed by atoms with E-state index in [1.807, 2.05) is 0 Å². The fourth-order valence-electron chi connectivity index (χ4n) is 4.07. The van der Waals surface area contributed by atoms with Gasteiger partial charge in [0.2, 0.25) is 0 Å². The number of hydrogen-bond acceptors (Lipinski definition) is 0. The zero-order valence-corrected chi connectivity index (χ0v) is 17.0. The molecule has 4 rings (SSSR count). The van der Waals surface area contributed by atoms with E-state index in [-0.39, 0.29) is 0 Å². The molecule has 0 aliphatic carbocycles. The first-order valence-electron chi connectivity index (χ1n) is 9.70. The van der Waals surface area contributed by atoms with Gasteiger partial charge in [0.1, 0.15) is 0 Å². The summed E-state index contributed by atoms with van der Waals surface area (Å²) >= 11 is 0. The fourth-order valence-corrected chi connectivity index (χ4v) is 8.81. The van der Waals surface area contributed by atoms with E-state index in [9.17, 15) is 0 Å². The zero-order chi connectivity index (χ0) is 19.2. The average molecular weight is 380 g/mol. The molecule has 0 unspecified atom stereocenters. The maximum absolute atomic E-state index is 4.52. The zero-order valence-electron chi connectivity index (χ0n) is 16.0. The summed E-state index contributed by atoms with van der Waals surface area (Å²) in [6.45, 7) is 4.52. The van der Waals surface area contributed by atoms with Gasteiger partial charge in [-0.25, -0.2) is 0 Å². The summed E-state index contributed by atoms with van der Waals surface area (Å²) in [4.78, 5) is 0. The van der Waals surface area contributed by atoms with E-state index in [0.717, 1.165) is 6.16 Å². The first-order valence-corrected chi connectivity index (χ1v) is 11.9. The molecule has 0 aliphatic rings. The Kier molecular flexibility index (Phi) is 5.51. The third-order valence-corrected chi connectivity index (χ3v) is 10.4. The van der Waals surface area contributed by atoms with Gasteiger partial charge in [-0.2, -0.15) is 0 Å². The summed E-state index contributed by atoms with van der Waals surface area (Å²) in [7, 11) is -2.27. The van der Waals surface area contributed by atoms with Gasteiger partial charge in [-0.15, -0.1) is 0 Å². The van der Waals surface area contributed by atoms with Crippen molar-refractivity contribution in [2.75, 3.05) is 6.16 Å². The molecule has 0 atom stereocenters. The van der Waals surface area contributed by atoms with Crippen molar-refractivity contribution < 1.29 is 0 Å². The number of allylic oxidation sites excluding steroid dienone is 1. The summed E-state index contributed by atoms with van der Waals surface area (Å²) < 4.78 is 0. The van der Waals surface area contributed by atoms with Crippen LogP contribution in [0.25, 0.3) is 5.57 Å². The van der Waals surface area contributed by atoms with Crippen LogP contribution >= 0.6 is 7.26 Å². The second kappa shape index (κ2) is 8.38. The minimum absolute atomic E-state index is 0.953. The molecule has 0 spiro atoms. The molecule has 4 aromatic carbocycles. The molecule has 28 heavy (non-hydrogen) atoms. The van der Waals surface area contributed by atoms with Crippen molar-refractivity contribution in [1.29, 1.82) is 0 Å². The SMILES string of the molecule is C=C(C[PH](c1ccccc1)(c1ccccc1)c1ccccc1)c1ccccc1. The molecule has 0 saturated heterocycles. The molecule has 0 heterocycles. The van der Waals surface area contributed by atoms with Crippen LogP contribution in [0.3, 0.4) is 0 Å². The van der Waals surface area contributed by atoms with Gasteiger partial charge in [0, 0.05) is 0 Å². The van der Waals surface area contributed by atoms with Gasteiger partial charge >= 0.3 is 168 Å². The standard InChI is InChI=1S/C27H25P/c1-23(24-14-6-2-7-15-24)22-28(25-16-8-3-9-17-25,26-18-10-4-11-19-26)27-20-12-5-13-21-27/h2-21,28H,1,22H2. The van der Waals surface area contributed by atoms with E-state index < -0.39 is 7.26 Å². The van der Waals surface area contributed by atoms with Crippen LogP contribution < -0.4 is 15.9 Å². The van der Waals surface area contributed by atoms with Gasteiger partial charge in [-0.05, 0) is 0 Å². The molecule has 138 valence electrons. The summed E-state index contributed by atoms with van der Waals surface area (Å²) in [6, 6.07) is 43.6. The second-order valence-electron chi connectivity index (χ2n) is 7.15. The molecule has 4 aromatic rings. The molecule has 0 radical (unpaired) electrons. The Labute approximate surface area is 168 Å². The Morgan fingerprint density at radius 1 is 0.500 bits per heavy atom. The monoisotopic (exact) mass is 380 g/mol. The minimum atomic E-state index is -2.27. The van der Waals surface area contributed by atoms with Crippen LogP contribution in [0, 0.1) is 0 Å². The van der Waals surface area contributed by atoms with Crippen LogP contribution in [-0.2, 0) is 0 Å². The maximum atomic E-state index is 4.52. The third-order valence-electron chi connectivity index (χ3n) is 5.46. The molecule has 0 aromatic heterocycles. The Morgan fingerprint density at radius 3 is 1.18 bits per heavy atom. The van der Waals surface area contributed by atoms with Crippen molar-refractivity contribution in [3.05, 3.63) is 133 Å². The van der Waals surface area contributed by atoms with E-state index in [4.69, 9.17) is 0 Å². The Hall–Kier alpha value is -2.95. The Morgan fingerprint density at radius 2 is 0.821 bits per heavy atom. The van der Waals surface area contributed by atoms with Crippen LogP contribution in [0.5, 0.6) is 0 Å². The first-order chi connectivity index (χ1) is 13.8. The molecular formula is C27H25P. The summed E-state index contributed by atoms with van der Waals surface area (Å²) in [5.41, 5.74) is 2.42. The van der Waals surface area contributed by atoms with Crippen LogP contribution in [0.2, 0.25) is 0 Å². The van der Waals surface area contributed by atoms with Gasteiger partial charge in [-0.3, -0.25) is 0 Å². The van der Waals surface area contributed by atoms with E-state index in [1.54, 1.807) is 0 Å². The Bertz CT molecular complexity index is 926. The first kappa shape index (κ1) is 18.4. The quantitative estimate of drug-likeness (QED) is 0.392. The molecule has 0 aliphatic heterocycles.